The van der Waals surface area contributed by atoms with E-state index >= 15 is 0 Å². The summed E-state index contributed by atoms with van der Waals surface area (Å²) in [5.74, 6) is -0.961. The third-order valence-electron chi connectivity index (χ3n) is 2.61. The number of hydrogen-bond acceptors (Lipinski definition) is 2. The van der Waals surface area contributed by atoms with E-state index < -0.39 is 5.97 Å². The van der Waals surface area contributed by atoms with Gasteiger partial charge in [0.2, 0.25) is 0 Å². The Morgan fingerprint density at radius 1 is 1.53 bits per heavy atom. The molecule has 0 saturated heterocycles. The summed E-state index contributed by atoms with van der Waals surface area (Å²) in [6, 6.07) is 5.08. The molecule has 1 aromatic rings. The summed E-state index contributed by atoms with van der Waals surface area (Å²) in [5.41, 5.74) is 1.00. The highest BCUT2D eigenvalue weighted by Crippen LogP contribution is 2.24. The van der Waals surface area contributed by atoms with Crippen LogP contribution in [0.4, 0.5) is 5.69 Å². The predicted molar refractivity (Wildman–Crippen MR) is 71.0 cm³/mol. The standard InChI is InChI=1S/C13H18ClNO2/c1-3-4-5-9(2)15-12-7-6-10(13(16)17)8-11(12)14/h6-9,15H,3-5H2,1-2H3,(H,16,17). The number of halogens is 1. The SMILES string of the molecule is CCCCC(C)Nc1ccc(C(=O)O)cc1Cl. The summed E-state index contributed by atoms with van der Waals surface area (Å²) in [5, 5.41) is 12.6. The van der Waals surface area contributed by atoms with Gasteiger partial charge in [-0.05, 0) is 31.5 Å². The lowest BCUT2D eigenvalue weighted by Gasteiger charge is -2.16. The Morgan fingerprint density at radius 3 is 2.76 bits per heavy atom. The molecule has 2 N–H and O–H groups in total. The van der Waals surface area contributed by atoms with Gasteiger partial charge < -0.3 is 10.4 Å². The molecular weight excluding hydrogens is 238 g/mol. The van der Waals surface area contributed by atoms with Crippen LogP contribution in [0.15, 0.2) is 18.2 Å². The zero-order chi connectivity index (χ0) is 12.8. The summed E-state index contributed by atoms with van der Waals surface area (Å²) in [6.45, 7) is 4.25. The molecule has 0 bridgehead atoms. The number of anilines is 1. The van der Waals surface area contributed by atoms with Crippen molar-refractivity contribution in [3.63, 3.8) is 0 Å². The molecule has 4 heteroatoms. The average Bonchev–Trinajstić information content (AvgIpc) is 2.28. The topological polar surface area (TPSA) is 49.3 Å². The van der Waals surface area contributed by atoms with Crippen LogP contribution in [0.2, 0.25) is 5.02 Å². The minimum atomic E-state index is -0.961. The van der Waals surface area contributed by atoms with Crippen LogP contribution in [0.1, 0.15) is 43.5 Å². The number of carbonyl (C=O) groups is 1. The van der Waals surface area contributed by atoms with Gasteiger partial charge in [0, 0.05) is 6.04 Å². The third-order valence-corrected chi connectivity index (χ3v) is 2.92. The number of hydrogen-bond donors (Lipinski definition) is 2. The van der Waals surface area contributed by atoms with E-state index in [9.17, 15) is 4.79 Å². The van der Waals surface area contributed by atoms with E-state index in [1.165, 1.54) is 12.5 Å². The van der Waals surface area contributed by atoms with Crippen molar-refractivity contribution in [2.45, 2.75) is 39.2 Å². The molecule has 0 aliphatic heterocycles. The highest BCUT2D eigenvalue weighted by atomic mass is 35.5. The van der Waals surface area contributed by atoms with Crippen molar-refractivity contribution >= 4 is 23.3 Å². The minimum absolute atomic E-state index is 0.210. The van der Waals surface area contributed by atoms with Gasteiger partial charge in [-0.15, -0.1) is 0 Å². The van der Waals surface area contributed by atoms with Crippen molar-refractivity contribution in [2.75, 3.05) is 5.32 Å². The Labute approximate surface area is 107 Å². The van der Waals surface area contributed by atoms with Crippen molar-refractivity contribution in [1.82, 2.24) is 0 Å². The molecule has 1 atom stereocenters. The number of unbranched alkanes of at least 4 members (excludes halogenated alkanes) is 1. The lowest BCUT2D eigenvalue weighted by Crippen LogP contribution is -2.15. The maximum Gasteiger partial charge on any atom is 0.335 e. The summed E-state index contributed by atoms with van der Waals surface area (Å²) < 4.78 is 0. The summed E-state index contributed by atoms with van der Waals surface area (Å²) >= 11 is 6.03. The minimum Gasteiger partial charge on any atom is -0.478 e. The number of carboxylic acid groups (broad SMARTS) is 1. The molecule has 1 rings (SSSR count). The first-order valence-electron chi connectivity index (χ1n) is 5.84. The quantitative estimate of drug-likeness (QED) is 0.807. The molecule has 0 aliphatic rings. The van der Waals surface area contributed by atoms with E-state index in [1.54, 1.807) is 12.1 Å². The zero-order valence-electron chi connectivity index (χ0n) is 10.2. The Balaban J connectivity index is 2.69. The normalized spacial score (nSPS) is 12.2. The second kappa shape index (κ2) is 6.50. The number of benzene rings is 1. The first-order valence-corrected chi connectivity index (χ1v) is 6.21. The van der Waals surface area contributed by atoms with Gasteiger partial charge >= 0.3 is 5.97 Å². The van der Waals surface area contributed by atoms with Crippen LogP contribution < -0.4 is 5.32 Å². The fraction of sp³-hybridized carbons (Fsp3) is 0.462. The molecule has 3 nitrogen and oxygen atoms in total. The van der Waals surface area contributed by atoms with Gasteiger partial charge in [0.1, 0.15) is 0 Å². The van der Waals surface area contributed by atoms with Crippen LogP contribution in [0, 0.1) is 0 Å². The molecule has 1 unspecified atom stereocenters. The molecule has 0 saturated carbocycles. The summed E-state index contributed by atoms with van der Waals surface area (Å²) in [4.78, 5) is 10.7. The molecule has 1 aromatic carbocycles. The van der Waals surface area contributed by atoms with E-state index in [2.05, 4.69) is 19.2 Å². The van der Waals surface area contributed by atoms with Crippen LogP contribution in [0.25, 0.3) is 0 Å². The van der Waals surface area contributed by atoms with E-state index in [1.807, 2.05) is 0 Å². The first-order chi connectivity index (χ1) is 8.04. The molecule has 0 fully saturated rings. The Hall–Kier alpha value is -1.22. The Morgan fingerprint density at radius 2 is 2.24 bits per heavy atom. The van der Waals surface area contributed by atoms with E-state index in [0.29, 0.717) is 11.1 Å². The van der Waals surface area contributed by atoms with Crippen molar-refractivity contribution in [3.05, 3.63) is 28.8 Å². The highest BCUT2D eigenvalue weighted by Gasteiger charge is 2.08. The molecule has 17 heavy (non-hydrogen) atoms. The van der Waals surface area contributed by atoms with Crippen LogP contribution in [-0.4, -0.2) is 17.1 Å². The zero-order valence-corrected chi connectivity index (χ0v) is 10.9. The molecule has 0 aliphatic carbocycles. The molecule has 0 aromatic heterocycles. The monoisotopic (exact) mass is 255 g/mol. The van der Waals surface area contributed by atoms with Crippen LogP contribution in [0.5, 0.6) is 0 Å². The summed E-state index contributed by atoms with van der Waals surface area (Å²) in [6.07, 6.45) is 3.41. The van der Waals surface area contributed by atoms with E-state index in [4.69, 9.17) is 16.7 Å². The third kappa shape index (κ3) is 4.27. The predicted octanol–water partition coefficient (Wildman–Crippen LogP) is 4.03. The Bertz CT molecular complexity index is 393. The fourth-order valence-electron chi connectivity index (χ4n) is 1.61. The summed E-state index contributed by atoms with van der Waals surface area (Å²) in [7, 11) is 0. The second-order valence-electron chi connectivity index (χ2n) is 4.19. The Kier molecular flexibility index (Phi) is 5.29. The highest BCUT2D eigenvalue weighted by molar-refractivity contribution is 6.33. The maximum atomic E-state index is 10.7. The molecule has 0 heterocycles. The largest absolute Gasteiger partial charge is 0.478 e. The lowest BCUT2D eigenvalue weighted by molar-refractivity contribution is 0.0697. The lowest BCUT2D eigenvalue weighted by atomic mass is 10.1. The first kappa shape index (κ1) is 13.8. The van der Waals surface area contributed by atoms with Crippen LogP contribution >= 0.6 is 11.6 Å². The second-order valence-corrected chi connectivity index (χ2v) is 4.59. The van der Waals surface area contributed by atoms with Crippen LogP contribution in [0.3, 0.4) is 0 Å². The number of nitrogens with one attached hydrogen (secondary N) is 1. The number of aromatic carboxylic acids is 1. The van der Waals surface area contributed by atoms with E-state index in [-0.39, 0.29) is 5.56 Å². The maximum absolute atomic E-state index is 10.7. The number of rotatable bonds is 6. The molecule has 0 amide bonds. The van der Waals surface area contributed by atoms with E-state index in [0.717, 1.165) is 18.5 Å². The van der Waals surface area contributed by atoms with Crippen molar-refractivity contribution in [1.29, 1.82) is 0 Å². The smallest absolute Gasteiger partial charge is 0.335 e. The average molecular weight is 256 g/mol. The van der Waals surface area contributed by atoms with Gasteiger partial charge in [0.15, 0.2) is 0 Å². The van der Waals surface area contributed by atoms with Gasteiger partial charge in [0.05, 0.1) is 16.3 Å². The number of carboxylic acids is 1. The van der Waals surface area contributed by atoms with Gasteiger partial charge in [-0.1, -0.05) is 31.4 Å². The van der Waals surface area contributed by atoms with Gasteiger partial charge in [-0.3, -0.25) is 0 Å². The molecule has 94 valence electrons. The fourth-order valence-corrected chi connectivity index (χ4v) is 1.85. The van der Waals surface area contributed by atoms with Crippen LogP contribution in [-0.2, 0) is 0 Å². The van der Waals surface area contributed by atoms with Crippen molar-refractivity contribution in [3.8, 4) is 0 Å². The molecule has 0 spiro atoms. The van der Waals surface area contributed by atoms with Crippen molar-refractivity contribution in [2.24, 2.45) is 0 Å². The molecular formula is C13H18ClNO2. The molecule has 0 radical (unpaired) electrons. The van der Waals surface area contributed by atoms with Gasteiger partial charge in [-0.25, -0.2) is 4.79 Å². The van der Waals surface area contributed by atoms with Crippen molar-refractivity contribution < 1.29 is 9.90 Å². The van der Waals surface area contributed by atoms with Gasteiger partial charge in [-0.2, -0.15) is 0 Å². The van der Waals surface area contributed by atoms with Gasteiger partial charge in [0.25, 0.3) is 0 Å².